The molecule has 2 aromatic carbocycles. The Bertz CT molecular complexity index is 1060. The average molecular weight is 509 g/mol. The van der Waals surface area contributed by atoms with Crippen LogP contribution >= 0.6 is 23.2 Å². The summed E-state index contributed by atoms with van der Waals surface area (Å²) < 4.78 is 18.8. The number of carbonyl (C=O) groups is 2. The first-order valence-electron chi connectivity index (χ1n) is 11.3. The van der Waals surface area contributed by atoms with Gasteiger partial charge in [-0.1, -0.05) is 29.3 Å². The summed E-state index contributed by atoms with van der Waals surface area (Å²) in [6, 6.07) is 10.4. The summed E-state index contributed by atoms with van der Waals surface area (Å²) in [6.07, 6.45) is 1.06. The number of rotatable bonds is 5. The van der Waals surface area contributed by atoms with Gasteiger partial charge in [-0.25, -0.2) is 9.18 Å². The Balaban J connectivity index is 1.70. The summed E-state index contributed by atoms with van der Waals surface area (Å²) >= 11 is 12.4. The summed E-state index contributed by atoms with van der Waals surface area (Å²) in [4.78, 5) is 28.8. The van der Waals surface area contributed by atoms with Gasteiger partial charge >= 0.3 is 6.09 Å². The highest BCUT2D eigenvalue weighted by Crippen LogP contribution is 2.43. The van der Waals surface area contributed by atoms with E-state index in [4.69, 9.17) is 27.9 Å². The average Bonchev–Trinajstić information content (AvgIpc) is 3.28. The number of aliphatic hydroxyl groups is 1. The molecule has 0 aromatic heterocycles. The number of hydrogen-bond donors (Lipinski definition) is 2. The van der Waals surface area contributed by atoms with Gasteiger partial charge in [0.05, 0.1) is 16.1 Å². The summed E-state index contributed by atoms with van der Waals surface area (Å²) in [5, 5.41) is 14.0. The Morgan fingerprint density at radius 1 is 1.09 bits per heavy atom. The number of amides is 1. The van der Waals surface area contributed by atoms with Crippen molar-refractivity contribution < 1.29 is 23.8 Å². The molecule has 2 N–H and O–H groups in total. The van der Waals surface area contributed by atoms with E-state index < -0.39 is 29.5 Å². The van der Waals surface area contributed by atoms with Crippen LogP contribution in [0.25, 0.3) is 0 Å². The zero-order valence-corrected chi connectivity index (χ0v) is 20.3. The molecule has 1 heterocycles. The van der Waals surface area contributed by atoms with Gasteiger partial charge in [-0.05, 0) is 67.6 Å². The molecule has 9 heteroatoms. The molecule has 2 fully saturated rings. The SMILES string of the molecule is CN(C(=O)Oc1ccc(F)cc1)[C@@]1(C(=O)C2CCC(O)CC2)CNC[C@@H]1c1ccc(Cl)c(Cl)c1. The van der Waals surface area contributed by atoms with Crippen molar-refractivity contribution in [2.24, 2.45) is 5.92 Å². The molecule has 1 saturated heterocycles. The number of halogens is 3. The Kier molecular flexibility index (Phi) is 7.48. The fourth-order valence-electron chi connectivity index (χ4n) is 5.12. The van der Waals surface area contributed by atoms with Crippen molar-refractivity contribution in [3.63, 3.8) is 0 Å². The summed E-state index contributed by atoms with van der Waals surface area (Å²) in [7, 11) is 1.55. The topological polar surface area (TPSA) is 78.9 Å². The van der Waals surface area contributed by atoms with E-state index in [1.165, 1.54) is 29.2 Å². The van der Waals surface area contributed by atoms with Crippen LogP contribution in [-0.4, -0.2) is 53.7 Å². The van der Waals surface area contributed by atoms with Gasteiger partial charge in [-0.3, -0.25) is 9.69 Å². The van der Waals surface area contributed by atoms with Gasteiger partial charge in [-0.15, -0.1) is 0 Å². The summed E-state index contributed by atoms with van der Waals surface area (Å²) in [6.45, 7) is 0.692. The first kappa shape index (κ1) is 24.9. The van der Waals surface area contributed by atoms with Crippen LogP contribution in [0.15, 0.2) is 42.5 Å². The van der Waals surface area contributed by atoms with Crippen molar-refractivity contribution in [3.8, 4) is 5.75 Å². The highest BCUT2D eigenvalue weighted by atomic mass is 35.5. The normalized spacial score (nSPS) is 26.8. The van der Waals surface area contributed by atoms with E-state index >= 15 is 0 Å². The second-order valence-corrected chi connectivity index (χ2v) is 9.85. The number of likely N-dealkylation sites (N-methyl/N-ethyl adjacent to an activating group) is 1. The number of benzene rings is 2. The minimum absolute atomic E-state index is 0.0703. The standard InChI is InChI=1S/C25H27Cl2FN2O4/c1-30(24(33)34-19-9-5-17(28)6-10-19)25(23(32)15-2-7-18(31)8-3-15)14-29-13-20(25)16-4-11-21(26)22(27)12-16/h4-6,9-12,15,18,20,29,31H,2-3,7-8,13-14H2,1H3/t15?,18?,20-,25+/m1/s1. The van der Waals surface area contributed by atoms with Gasteiger partial charge < -0.3 is 15.2 Å². The van der Waals surface area contributed by atoms with Crippen LogP contribution in [0.2, 0.25) is 10.0 Å². The van der Waals surface area contributed by atoms with E-state index in [-0.39, 0.29) is 24.0 Å². The lowest BCUT2D eigenvalue weighted by Crippen LogP contribution is -2.62. The second-order valence-electron chi connectivity index (χ2n) is 9.03. The smallest absolute Gasteiger partial charge is 0.410 e. The molecule has 1 aliphatic heterocycles. The molecule has 4 rings (SSSR count). The largest absolute Gasteiger partial charge is 0.415 e. The Morgan fingerprint density at radius 3 is 2.41 bits per heavy atom. The van der Waals surface area contributed by atoms with E-state index in [0.29, 0.717) is 42.3 Å². The van der Waals surface area contributed by atoms with Crippen LogP contribution in [0, 0.1) is 11.7 Å². The Morgan fingerprint density at radius 2 is 1.76 bits per heavy atom. The number of hydrogen-bond acceptors (Lipinski definition) is 5. The molecular formula is C25H27Cl2FN2O4. The third-order valence-electron chi connectivity index (χ3n) is 7.05. The third-order valence-corrected chi connectivity index (χ3v) is 7.79. The fourth-order valence-corrected chi connectivity index (χ4v) is 5.43. The molecule has 1 saturated carbocycles. The van der Waals surface area contributed by atoms with E-state index in [0.717, 1.165) is 5.56 Å². The monoisotopic (exact) mass is 508 g/mol. The Labute approximate surface area is 208 Å². The van der Waals surface area contributed by atoms with Crippen molar-refractivity contribution in [1.29, 1.82) is 0 Å². The predicted octanol–water partition coefficient (Wildman–Crippen LogP) is 4.81. The van der Waals surface area contributed by atoms with Gasteiger partial charge in [0.2, 0.25) is 0 Å². The van der Waals surface area contributed by atoms with E-state index in [1.807, 2.05) is 6.07 Å². The molecule has 2 aliphatic rings. The van der Waals surface area contributed by atoms with Crippen molar-refractivity contribution in [2.45, 2.75) is 43.2 Å². The van der Waals surface area contributed by atoms with Crippen LogP contribution < -0.4 is 10.1 Å². The van der Waals surface area contributed by atoms with Crippen LogP contribution in [0.4, 0.5) is 9.18 Å². The number of Topliss-reactive ketones (excluding diaryl/α,β-unsaturated/α-hetero) is 1. The van der Waals surface area contributed by atoms with Crippen LogP contribution in [0.1, 0.15) is 37.2 Å². The minimum atomic E-state index is -1.23. The number of nitrogens with zero attached hydrogens (tertiary/aromatic N) is 1. The van der Waals surface area contributed by atoms with E-state index in [9.17, 15) is 19.1 Å². The maximum Gasteiger partial charge on any atom is 0.415 e. The Hall–Kier alpha value is -2.19. The molecule has 34 heavy (non-hydrogen) atoms. The second kappa shape index (κ2) is 10.2. The molecule has 182 valence electrons. The lowest BCUT2D eigenvalue weighted by Gasteiger charge is -2.43. The number of ketones is 1. The molecule has 0 radical (unpaired) electrons. The van der Waals surface area contributed by atoms with E-state index in [2.05, 4.69) is 5.32 Å². The molecular weight excluding hydrogens is 482 g/mol. The quantitative estimate of drug-likeness (QED) is 0.605. The maximum atomic E-state index is 14.1. The van der Waals surface area contributed by atoms with Crippen LogP contribution in [0.3, 0.4) is 0 Å². The third kappa shape index (κ3) is 4.80. The minimum Gasteiger partial charge on any atom is -0.410 e. The molecule has 0 spiro atoms. The lowest BCUT2D eigenvalue weighted by molar-refractivity contribution is -0.135. The number of aliphatic hydroxyl groups excluding tert-OH is 1. The molecule has 1 aliphatic carbocycles. The van der Waals surface area contributed by atoms with Gasteiger partial charge in [0, 0.05) is 32.0 Å². The molecule has 6 nitrogen and oxygen atoms in total. The number of nitrogens with one attached hydrogen (secondary N) is 1. The first-order valence-corrected chi connectivity index (χ1v) is 12.1. The first-order chi connectivity index (χ1) is 16.2. The molecule has 0 bridgehead atoms. The fraction of sp³-hybridized carbons (Fsp3) is 0.440. The molecule has 2 atom stereocenters. The van der Waals surface area contributed by atoms with Crippen LogP contribution in [-0.2, 0) is 4.79 Å². The lowest BCUT2D eigenvalue weighted by atomic mass is 9.70. The van der Waals surface area contributed by atoms with Gasteiger partial charge in [0.25, 0.3) is 0 Å². The summed E-state index contributed by atoms with van der Waals surface area (Å²) in [5.41, 5.74) is -0.452. The highest BCUT2D eigenvalue weighted by Gasteiger charge is 2.56. The van der Waals surface area contributed by atoms with Crippen molar-refractivity contribution in [3.05, 3.63) is 63.9 Å². The maximum absolute atomic E-state index is 14.1. The number of carbonyl (C=O) groups excluding carboxylic acids is 2. The zero-order valence-electron chi connectivity index (χ0n) is 18.8. The van der Waals surface area contributed by atoms with Crippen molar-refractivity contribution >= 4 is 35.1 Å². The van der Waals surface area contributed by atoms with Gasteiger partial charge in [0.1, 0.15) is 17.1 Å². The van der Waals surface area contributed by atoms with Crippen molar-refractivity contribution in [1.82, 2.24) is 10.2 Å². The van der Waals surface area contributed by atoms with Gasteiger partial charge in [0.15, 0.2) is 5.78 Å². The summed E-state index contributed by atoms with van der Waals surface area (Å²) in [5.74, 6) is -1.03. The van der Waals surface area contributed by atoms with Crippen LogP contribution in [0.5, 0.6) is 5.75 Å². The predicted molar refractivity (Wildman–Crippen MR) is 128 cm³/mol. The van der Waals surface area contributed by atoms with E-state index in [1.54, 1.807) is 19.2 Å². The van der Waals surface area contributed by atoms with Gasteiger partial charge in [-0.2, -0.15) is 0 Å². The zero-order chi connectivity index (χ0) is 24.5. The van der Waals surface area contributed by atoms with Crippen molar-refractivity contribution in [2.75, 3.05) is 20.1 Å². The molecule has 2 aromatic rings. The highest BCUT2D eigenvalue weighted by molar-refractivity contribution is 6.42. The number of ether oxygens (including phenoxy) is 1. The molecule has 0 unspecified atom stereocenters. The molecule has 1 amide bonds.